The van der Waals surface area contributed by atoms with Crippen molar-refractivity contribution in [2.75, 3.05) is 5.32 Å². The number of carboxylic acids is 1. The minimum Gasteiger partial charge on any atom is -0.478 e. The van der Waals surface area contributed by atoms with Gasteiger partial charge in [0.2, 0.25) is 0 Å². The first-order valence-corrected chi connectivity index (χ1v) is 12.2. The molecule has 37 heavy (non-hydrogen) atoms. The highest BCUT2D eigenvalue weighted by molar-refractivity contribution is 7.14. The van der Waals surface area contributed by atoms with Crippen molar-refractivity contribution in [2.24, 2.45) is 0 Å². The quantitative estimate of drug-likeness (QED) is 0.322. The first-order chi connectivity index (χ1) is 17.5. The van der Waals surface area contributed by atoms with Gasteiger partial charge in [-0.3, -0.25) is 0 Å². The molecule has 0 fully saturated rings. The molecule has 11 heteroatoms. The second kappa shape index (κ2) is 9.24. The molecule has 7 nitrogen and oxygen atoms in total. The number of fused-ring (bicyclic) bond motifs is 1. The van der Waals surface area contributed by atoms with E-state index in [1.54, 1.807) is 24.4 Å². The van der Waals surface area contributed by atoms with Gasteiger partial charge in [0.05, 0.1) is 16.8 Å². The second-order valence-electron chi connectivity index (χ2n) is 8.94. The summed E-state index contributed by atoms with van der Waals surface area (Å²) in [6.07, 6.45) is 0.166. The van der Waals surface area contributed by atoms with Gasteiger partial charge >= 0.3 is 12.1 Å². The fraction of sp³-hybridized carbons (Fsp3) is 0.231. The summed E-state index contributed by atoms with van der Waals surface area (Å²) in [5, 5.41) is 24.4. The van der Waals surface area contributed by atoms with Crippen LogP contribution in [-0.2, 0) is 18.2 Å². The molecule has 1 aromatic carbocycles. The molecule has 0 radical (unpaired) electrons. The Morgan fingerprint density at radius 3 is 2.73 bits per heavy atom. The van der Waals surface area contributed by atoms with Crippen LogP contribution in [0, 0.1) is 6.92 Å². The number of rotatable bonds is 5. The summed E-state index contributed by atoms with van der Waals surface area (Å²) >= 11 is 1.32. The fourth-order valence-corrected chi connectivity index (χ4v) is 5.58. The normalized spacial score (nSPS) is 17.3. The molecule has 1 aliphatic rings. The third-order valence-corrected chi connectivity index (χ3v) is 7.48. The molecule has 4 N–H and O–H groups in total. The summed E-state index contributed by atoms with van der Waals surface area (Å²) in [5.41, 5.74) is 0.930. The average Bonchev–Trinajstić information content (AvgIpc) is 3.35. The molecule has 1 unspecified atom stereocenters. The van der Waals surface area contributed by atoms with Gasteiger partial charge in [0, 0.05) is 6.20 Å². The SMILES string of the molecule is Cc1cc(Nc2cc(C(F)(F)F)ccn2)nc(-c2c[nH+]c(C3(O)CCCc4cc(C(=O)O)ccc43)s2)c1. The van der Waals surface area contributed by atoms with Crippen LogP contribution in [0.2, 0.25) is 0 Å². The third-order valence-electron chi connectivity index (χ3n) is 6.27. The number of aromatic amines is 1. The first-order valence-electron chi connectivity index (χ1n) is 11.4. The van der Waals surface area contributed by atoms with E-state index in [0.29, 0.717) is 41.3 Å². The molecular weight excluding hydrogens is 505 g/mol. The van der Waals surface area contributed by atoms with Crippen LogP contribution in [0.15, 0.2) is 54.9 Å². The molecule has 0 amide bonds. The molecule has 0 saturated heterocycles. The second-order valence-corrected chi connectivity index (χ2v) is 9.99. The Bertz CT molecular complexity index is 1500. The number of hydrogen-bond acceptors (Lipinski definition) is 6. The zero-order chi connectivity index (χ0) is 26.4. The summed E-state index contributed by atoms with van der Waals surface area (Å²) in [6, 6.07) is 10.1. The molecule has 0 saturated carbocycles. The number of alkyl halides is 3. The van der Waals surface area contributed by atoms with Gasteiger partial charge in [-0.2, -0.15) is 13.2 Å². The monoisotopic (exact) mass is 527 g/mol. The Morgan fingerprint density at radius 2 is 1.97 bits per heavy atom. The molecule has 0 bridgehead atoms. The van der Waals surface area contributed by atoms with Crippen molar-refractivity contribution in [1.82, 2.24) is 9.97 Å². The Labute approximate surface area is 213 Å². The van der Waals surface area contributed by atoms with Gasteiger partial charge in [0.15, 0.2) is 11.8 Å². The standard InChI is InChI=1S/C26H21F3N4O3S/c1-14-9-19(32-22(10-14)33-21-12-17(6-8-30-21)26(27,28)29)20-13-31-24(37-20)25(36)7-2-3-15-11-16(23(34)35)4-5-18(15)25/h4-6,8-13,36H,2-3,7H2,1H3,(H,34,35)(H,30,32,33)/p+1. The highest BCUT2D eigenvalue weighted by atomic mass is 32.1. The van der Waals surface area contributed by atoms with E-state index in [2.05, 4.69) is 20.3 Å². The summed E-state index contributed by atoms with van der Waals surface area (Å²) in [4.78, 5) is 23.8. The number of aromatic carboxylic acids is 1. The lowest BCUT2D eigenvalue weighted by Gasteiger charge is -2.30. The van der Waals surface area contributed by atoms with Gasteiger partial charge in [-0.1, -0.05) is 17.4 Å². The molecule has 5 rings (SSSR count). The van der Waals surface area contributed by atoms with Crippen LogP contribution in [0.5, 0.6) is 0 Å². The van der Waals surface area contributed by atoms with E-state index < -0.39 is 23.3 Å². The molecule has 190 valence electrons. The zero-order valence-electron chi connectivity index (χ0n) is 19.6. The largest absolute Gasteiger partial charge is 0.478 e. The Morgan fingerprint density at radius 1 is 1.16 bits per heavy atom. The van der Waals surface area contributed by atoms with Crippen LogP contribution < -0.4 is 10.3 Å². The lowest BCUT2D eigenvalue weighted by Crippen LogP contribution is -2.35. The number of aryl methyl sites for hydroxylation is 2. The maximum atomic E-state index is 13.1. The van der Waals surface area contributed by atoms with Gasteiger partial charge in [-0.25, -0.2) is 19.7 Å². The van der Waals surface area contributed by atoms with Crippen LogP contribution in [0.1, 0.15) is 50.5 Å². The molecule has 0 spiro atoms. The molecule has 1 aliphatic carbocycles. The van der Waals surface area contributed by atoms with Crippen LogP contribution in [0.25, 0.3) is 10.6 Å². The number of halogens is 3. The van der Waals surface area contributed by atoms with E-state index >= 15 is 0 Å². The maximum Gasteiger partial charge on any atom is 0.416 e. The van der Waals surface area contributed by atoms with E-state index in [9.17, 15) is 28.2 Å². The van der Waals surface area contributed by atoms with Crippen molar-refractivity contribution in [1.29, 1.82) is 0 Å². The topological polar surface area (TPSA) is 109 Å². The highest BCUT2D eigenvalue weighted by Crippen LogP contribution is 2.42. The van der Waals surface area contributed by atoms with Gasteiger partial charge in [-0.15, -0.1) is 0 Å². The number of nitrogens with one attached hydrogen (secondary N) is 2. The van der Waals surface area contributed by atoms with Crippen molar-refractivity contribution in [3.8, 4) is 10.6 Å². The number of thiazole rings is 1. The summed E-state index contributed by atoms with van der Waals surface area (Å²) < 4.78 is 39.2. The molecule has 3 aromatic heterocycles. The van der Waals surface area contributed by atoms with Gasteiger partial charge in [0.1, 0.15) is 16.5 Å². The van der Waals surface area contributed by atoms with Crippen molar-refractivity contribution >= 4 is 28.9 Å². The van der Waals surface area contributed by atoms with E-state index in [1.807, 2.05) is 13.0 Å². The number of anilines is 2. The van der Waals surface area contributed by atoms with Gasteiger partial charge < -0.3 is 15.5 Å². The number of aliphatic hydroxyl groups is 1. The van der Waals surface area contributed by atoms with Gasteiger partial charge in [-0.05, 0) is 79.3 Å². The van der Waals surface area contributed by atoms with Crippen LogP contribution in [0.3, 0.4) is 0 Å². The Balaban J connectivity index is 1.46. The number of benzene rings is 1. The van der Waals surface area contributed by atoms with E-state index in [-0.39, 0.29) is 11.4 Å². The number of pyridine rings is 2. The van der Waals surface area contributed by atoms with E-state index in [0.717, 1.165) is 34.3 Å². The predicted octanol–water partition coefficient (Wildman–Crippen LogP) is 5.36. The smallest absolute Gasteiger partial charge is 0.416 e. The minimum atomic E-state index is -4.49. The molecule has 3 heterocycles. The maximum absolute atomic E-state index is 13.1. The minimum absolute atomic E-state index is 0.0196. The molecule has 0 aliphatic heterocycles. The number of nitrogens with zero attached hydrogens (tertiary/aromatic N) is 2. The first kappa shape index (κ1) is 24.8. The number of carboxylic acid groups (broad SMARTS) is 1. The van der Waals surface area contributed by atoms with E-state index in [4.69, 9.17) is 0 Å². The number of H-pyrrole nitrogens is 1. The summed E-state index contributed by atoms with van der Waals surface area (Å²) in [5.74, 6) is -0.664. The number of carbonyl (C=O) groups is 1. The zero-order valence-corrected chi connectivity index (χ0v) is 20.4. The highest BCUT2D eigenvalue weighted by Gasteiger charge is 2.43. The predicted molar refractivity (Wildman–Crippen MR) is 131 cm³/mol. The van der Waals surface area contributed by atoms with Crippen molar-refractivity contribution < 1.29 is 33.2 Å². The molecular formula is C26H22F3N4O3S+. The number of aromatic nitrogens is 3. The lowest BCUT2D eigenvalue weighted by atomic mass is 9.79. The molecule has 1 atom stereocenters. The van der Waals surface area contributed by atoms with Crippen molar-refractivity contribution in [3.63, 3.8) is 0 Å². The van der Waals surface area contributed by atoms with E-state index in [1.165, 1.54) is 17.4 Å². The van der Waals surface area contributed by atoms with Crippen LogP contribution in [0.4, 0.5) is 24.8 Å². The Kier molecular flexibility index (Phi) is 6.20. The summed E-state index contributed by atoms with van der Waals surface area (Å²) in [6.45, 7) is 1.85. The van der Waals surface area contributed by atoms with Crippen molar-refractivity contribution in [2.45, 2.75) is 38.0 Å². The lowest BCUT2D eigenvalue weighted by molar-refractivity contribution is -0.397. The van der Waals surface area contributed by atoms with Gasteiger partial charge in [0.25, 0.3) is 5.01 Å². The number of hydrogen-bond donors (Lipinski definition) is 3. The fourth-order valence-electron chi connectivity index (χ4n) is 4.54. The summed E-state index contributed by atoms with van der Waals surface area (Å²) in [7, 11) is 0. The average molecular weight is 528 g/mol. The van der Waals surface area contributed by atoms with Crippen LogP contribution >= 0.6 is 11.3 Å². The van der Waals surface area contributed by atoms with Crippen LogP contribution in [-0.4, -0.2) is 26.2 Å². The third kappa shape index (κ3) is 4.92. The molecule has 4 aromatic rings. The van der Waals surface area contributed by atoms with Crippen molar-refractivity contribution in [3.05, 3.63) is 87.7 Å². The Hall–Kier alpha value is -3.83.